The van der Waals surface area contributed by atoms with Crippen LogP contribution in [0, 0.1) is 11.6 Å². The van der Waals surface area contributed by atoms with Gasteiger partial charge in [-0.1, -0.05) is 24.3 Å². The van der Waals surface area contributed by atoms with E-state index in [1.807, 2.05) is 30.3 Å². The first-order valence-corrected chi connectivity index (χ1v) is 9.19. The summed E-state index contributed by atoms with van der Waals surface area (Å²) in [7, 11) is 0. The number of benzene rings is 2. The number of thiazole rings is 1. The number of nitrogens with one attached hydrogen (secondary N) is 1. The number of imidazole rings is 1. The van der Waals surface area contributed by atoms with Gasteiger partial charge in [0.2, 0.25) is 0 Å². The van der Waals surface area contributed by atoms with E-state index < -0.39 is 11.6 Å². The predicted molar refractivity (Wildman–Crippen MR) is 103 cm³/mol. The quantitative estimate of drug-likeness (QED) is 0.542. The molecule has 0 fully saturated rings. The van der Waals surface area contributed by atoms with Gasteiger partial charge >= 0.3 is 0 Å². The molecule has 8 heteroatoms. The number of hydrogen-bond acceptors (Lipinski definition) is 4. The van der Waals surface area contributed by atoms with Gasteiger partial charge in [-0.3, -0.25) is 14.7 Å². The normalized spacial score (nSPS) is 10.8. The topological polar surface area (TPSA) is 59.8 Å². The molecule has 2 aromatic carbocycles. The zero-order valence-electron chi connectivity index (χ0n) is 14.5. The number of para-hydroxylation sites is 1. The Morgan fingerprint density at radius 3 is 2.68 bits per heavy atom. The van der Waals surface area contributed by atoms with Crippen LogP contribution in [0.4, 0.5) is 13.9 Å². The maximum Gasteiger partial charge on any atom is 0.276 e. The van der Waals surface area contributed by atoms with E-state index in [1.165, 1.54) is 23.6 Å². The number of carbonyl (C=O) groups excluding carboxylic acids is 1. The molecule has 5 nitrogen and oxygen atoms in total. The highest BCUT2D eigenvalue weighted by molar-refractivity contribution is 7.15. The number of anilines is 1. The maximum atomic E-state index is 13.3. The minimum Gasteiger partial charge on any atom is -0.296 e. The Morgan fingerprint density at radius 2 is 1.89 bits per heavy atom. The summed E-state index contributed by atoms with van der Waals surface area (Å²) < 4.78 is 28.1. The molecule has 0 atom stereocenters. The number of nitrogens with zero attached hydrogens (tertiary/aromatic N) is 3. The van der Waals surface area contributed by atoms with Crippen LogP contribution in [-0.2, 0) is 6.42 Å². The van der Waals surface area contributed by atoms with Crippen LogP contribution in [0.2, 0.25) is 0 Å². The number of hydrogen-bond donors (Lipinski definition) is 1. The fourth-order valence-electron chi connectivity index (χ4n) is 2.72. The summed E-state index contributed by atoms with van der Waals surface area (Å²) in [6.07, 6.45) is 5.06. The number of halogens is 2. The van der Waals surface area contributed by atoms with Crippen LogP contribution in [0.1, 0.15) is 20.9 Å². The molecule has 0 aliphatic carbocycles. The fourth-order valence-corrected chi connectivity index (χ4v) is 3.56. The minimum atomic E-state index is -0.885. The minimum absolute atomic E-state index is 0.338. The molecule has 0 bridgehead atoms. The van der Waals surface area contributed by atoms with E-state index in [4.69, 9.17) is 0 Å². The lowest BCUT2D eigenvalue weighted by Crippen LogP contribution is -2.15. The molecule has 1 amide bonds. The van der Waals surface area contributed by atoms with Crippen LogP contribution in [0.3, 0.4) is 0 Å². The van der Waals surface area contributed by atoms with E-state index in [0.717, 1.165) is 22.7 Å². The highest BCUT2D eigenvalue weighted by atomic mass is 32.1. The van der Waals surface area contributed by atoms with Crippen molar-refractivity contribution in [3.8, 4) is 5.69 Å². The van der Waals surface area contributed by atoms with Gasteiger partial charge in [-0.2, -0.15) is 0 Å². The predicted octanol–water partition coefficient (Wildman–Crippen LogP) is 4.45. The summed E-state index contributed by atoms with van der Waals surface area (Å²) in [4.78, 5) is 21.7. The van der Waals surface area contributed by atoms with Crippen molar-refractivity contribution in [3.05, 3.63) is 95.0 Å². The van der Waals surface area contributed by atoms with Gasteiger partial charge in [-0.25, -0.2) is 18.7 Å². The van der Waals surface area contributed by atoms with Crippen LogP contribution in [0.15, 0.2) is 67.3 Å². The van der Waals surface area contributed by atoms with Crippen molar-refractivity contribution in [1.82, 2.24) is 14.5 Å². The summed E-state index contributed by atoms with van der Waals surface area (Å²) >= 11 is 1.28. The number of rotatable bonds is 5. The van der Waals surface area contributed by atoms with Crippen molar-refractivity contribution in [1.29, 1.82) is 0 Å². The number of amides is 1. The van der Waals surface area contributed by atoms with E-state index in [1.54, 1.807) is 17.1 Å². The van der Waals surface area contributed by atoms with Gasteiger partial charge in [0.15, 0.2) is 16.8 Å². The molecule has 0 spiro atoms. The van der Waals surface area contributed by atoms with Crippen molar-refractivity contribution in [2.45, 2.75) is 6.42 Å². The second-order valence-corrected chi connectivity index (χ2v) is 7.11. The molecular formula is C20H14F2N4OS. The molecule has 2 heterocycles. The van der Waals surface area contributed by atoms with Gasteiger partial charge in [-0.05, 0) is 29.8 Å². The third-order valence-corrected chi connectivity index (χ3v) is 4.95. The number of aromatic nitrogens is 3. The second kappa shape index (κ2) is 7.69. The molecule has 1 N–H and O–H groups in total. The van der Waals surface area contributed by atoms with E-state index in [9.17, 15) is 13.6 Å². The third-order valence-electron chi connectivity index (χ3n) is 4.04. The first kappa shape index (κ1) is 18.0. The highest BCUT2D eigenvalue weighted by Gasteiger charge is 2.15. The molecule has 4 rings (SSSR count). The Bertz CT molecular complexity index is 1120. The molecule has 0 saturated carbocycles. The van der Waals surface area contributed by atoms with E-state index in [-0.39, 0.29) is 5.91 Å². The Labute approximate surface area is 163 Å². The Kier molecular flexibility index (Phi) is 4.94. The van der Waals surface area contributed by atoms with Crippen molar-refractivity contribution in [3.63, 3.8) is 0 Å². The van der Waals surface area contributed by atoms with E-state index >= 15 is 0 Å². The summed E-state index contributed by atoms with van der Waals surface area (Å²) in [6.45, 7) is 0. The zero-order valence-corrected chi connectivity index (χ0v) is 15.3. The largest absolute Gasteiger partial charge is 0.296 e. The van der Waals surface area contributed by atoms with Crippen LogP contribution in [0.25, 0.3) is 5.69 Å². The first-order valence-electron chi connectivity index (χ1n) is 8.38. The zero-order chi connectivity index (χ0) is 19.5. The Morgan fingerprint density at radius 1 is 1.07 bits per heavy atom. The van der Waals surface area contributed by atoms with Crippen molar-refractivity contribution < 1.29 is 13.6 Å². The van der Waals surface area contributed by atoms with Crippen molar-refractivity contribution >= 4 is 22.4 Å². The van der Waals surface area contributed by atoms with Crippen molar-refractivity contribution in [2.75, 3.05) is 5.32 Å². The third kappa shape index (κ3) is 3.81. The Balaban J connectivity index is 1.48. The molecule has 0 radical (unpaired) electrons. The molecule has 140 valence electrons. The van der Waals surface area contributed by atoms with Crippen molar-refractivity contribution in [2.24, 2.45) is 0 Å². The van der Waals surface area contributed by atoms with Crippen LogP contribution in [0.5, 0.6) is 0 Å². The number of carbonyl (C=O) groups is 1. The molecule has 4 aromatic rings. The van der Waals surface area contributed by atoms with Gasteiger partial charge in [0.05, 0.1) is 12.5 Å². The van der Waals surface area contributed by atoms with Crippen LogP contribution >= 0.6 is 11.3 Å². The lowest BCUT2D eigenvalue weighted by atomic mass is 10.1. The lowest BCUT2D eigenvalue weighted by molar-refractivity contribution is 0.102. The maximum absolute atomic E-state index is 13.3. The van der Waals surface area contributed by atoms with Gasteiger partial charge in [0, 0.05) is 23.2 Å². The summed E-state index contributed by atoms with van der Waals surface area (Å²) in [5, 5.41) is 3.17. The summed E-state index contributed by atoms with van der Waals surface area (Å²) in [5.74, 6) is -2.10. The van der Waals surface area contributed by atoms with Gasteiger partial charge < -0.3 is 0 Å². The summed E-state index contributed by atoms with van der Waals surface area (Å²) in [6, 6.07) is 13.2. The van der Waals surface area contributed by atoms with Gasteiger partial charge in [0.1, 0.15) is 5.69 Å². The monoisotopic (exact) mass is 396 g/mol. The molecular weight excluding hydrogens is 382 g/mol. The SMILES string of the molecule is O=C(Nc1ncc(Cc2ccc(F)c(F)c2)s1)c1cncn1-c1ccccc1. The lowest BCUT2D eigenvalue weighted by Gasteiger charge is -2.07. The standard InChI is InChI=1S/C20H14F2N4OS/c21-16-7-6-13(9-17(16)22)8-15-10-24-20(28-15)25-19(27)18-11-23-12-26(18)14-4-2-1-3-5-14/h1-7,9-12H,8H2,(H,24,25,27). The smallest absolute Gasteiger partial charge is 0.276 e. The van der Waals surface area contributed by atoms with E-state index in [2.05, 4.69) is 15.3 Å². The average Bonchev–Trinajstić information content (AvgIpc) is 3.35. The molecule has 28 heavy (non-hydrogen) atoms. The Hall–Kier alpha value is -3.39. The van der Waals surface area contributed by atoms with Crippen LogP contribution in [-0.4, -0.2) is 20.4 Å². The first-order chi connectivity index (χ1) is 13.6. The van der Waals surface area contributed by atoms with Gasteiger partial charge in [-0.15, -0.1) is 11.3 Å². The molecule has 0 aliphatic rings. The summed E-state index contributed by atoms with van der Waals surface area (Å²) in [5.41, 5.74) is 1.83. The second-order valence-electron chi connectivity index (χ2n) is 6.00. The fraction of sp³-hybridized carbons (Fsp3) is 0.0500. The average molecular weight is 396 g/mol. The molecule has 2 aromatic heterocycles. The molecule has 0 unspecified atom stereocenters. The molecule has 0 aliphatic heterocycles. The highest BCUT2D eigenvalue weighted by Crippen LogP contribution is 2.23. The van der Waals surface area contributed by atoms with Gasteiger partial charge in [0.25, 0.3) is 5.91 Å². The van der Waals surface area contributed by atoms with Crippen LogP contribution < -0.4 is 5.32 Å². The molecule has 0 saturated heterocycles. The van der Waals surface area contributed by atoms with E-state index in [0.29, 0.717) is 22.8 Å².